The predicted octanol–water partition coefficient (Wildman–Crippen LogP) is 4.45. The zero-order valence-corrected chi connectivity index (χ0v) is 26.2. The summed E-state index contributed by atoms with van der Waals surface area (Å²) in [5, 5.41) is 7.17. The van der Waals surface area contributed by atoms with Gasteiger partial charge in [0.05, 0.1) is 6.04 Å². The Hall–Kier alpha value is -3.23. The molecule has 3 heterocycles. The maximum Gasteiger partial charge on any atom is 0.245 e. The lowest BCUT2D eigenvalue weighted by Crippen LogP contribution is -2.58. The molecule has 0 radical (unpaired) electrons. The van der Waals surface area contributed by atoms with Gasteiger partial charge in [0.15, 0.2) is 0 Å². The quantitative estimate of drug-likeness (QED) is 0.373. The van der Waals surface area contributed by atoms with Gasteiger partial charge in [-0.2, -0.15) is 0 Å². The first-order valence-corrected chi connectivity index (χ1v) is 16.6. The SMILES string of the molecule is O=C(N[C@H](Cc1ccc(Cl)cc1)C(=O)N1CCN(C(CN2CCCCC2)c2ccccc2)CC1)[C@H]1Cc2ccccc2CN1. The van der Waals surface area contributed by atoms with Gasteiger partial charge in [-0.05, 0) is 66.7 Å². The Morgan fingerprint density at radius 3 is 2.23 bits per heavy atom. The number of amides is 2. The molecule has 0 aliphatic carbocycles. The molecular formula is C36H44ClN5O2. The summed E-state index contributed by atoms with van der Waals surface area (Å²) in [5.74, 6) is -0.146. The Labute approximate surface area is 266 Å². The summed E-state index contributed by atoms with van der Waals surface area (Å²) in [6.07, 6.45) is 4.90. The van der Waals surface area contributed by atoms with Gasteiger partial charge >= 0.3 is 0 Å². The standard InChI is InChI=1S/C36H44ClN5O2/c37-31-15-13-27(14-16-31)23-33(39-35(43)32-24-29-11-5-6-12-30(29)25-38-32)36(44)42-21-19-41(20-22-42)34(28-9-3-1-4-10-28)26-40-17-7-2-8-18-40/h1,3-6,9-16,32-34,38H,2,7-8,17-26H2,(H,39,43)/t32-,33-,34?/m1/s1. The largest absolute Gasteiger partial charge is 0.343 e. The number of fused-ring (bicyclic) bond motifs is 1. The second-order valence-electron chi connectivity index (χ2n) is 12.4. The molecule has 6 rings (SSSR count). The van der Waals surface area contributed by atoms with Gasteiger partial charge in [0.25, 0.3) is 0 Å². The molecule has 44 heavy (non-hydrogen) atoms. The monoisotopic (exact) mass is 613 g/mol. The minimum Gasteiger partial charge on any atom is -0.343 e. The van der Waals surface area contributed by atoms with Crippen molar-refractivity contribution >= 4 is 23.4 Å². The summed E-state index contributed by atoms with van der Waals surface area (Å²) in [5.41, 5.74) is 4.71. The van der Waals surface area contributed by atoms with Crippen molar-refractivity contribution in [2.45, 2.75) is 56.8 Å². The average molecular weight is 614 g/mol. The van der Waals surface area contributed by atoms with Crippen molar-refractivity contribution in [2.24, 2.45) is 0 Å². The lowest BCUT2D eigenvalue weighted by Gasteiger charge is -2.42. The smallest absolute Gasteiger partial charge is 0.245 e. The van der Waals surface area contributed by atoms with E-state index in [1.165, 1.54) is 36.0 Å². The fourth-order valence-corrected chi connectivity index (χ4v) is 7.06. The Balaban J connectivity index is 1.13. The number of carbonyl (C=O) groups is 2. The number of benzene rings is 3. The van der Waals surface area contributed by atoms with E-state index >= 15 is 0 Å². The van der Waals surface area contributed by atoms with Crippen LogP contribution < -0.4 is 10.6 Å². The third-order valence-corrected chi connectivity index (χ3v) is 9.75. The third kappa shape index (κ3) is 7.70. The van der Waals surface area contributed by atoms with Crippen LogP contribution in [0.15, 0.2) is 78.9 Å². The number of hydrogen-bond acceptors (Lipinski definition) is 5. The van der Waals surface area contributed by atoms with Crippen LogP contribution in [0.1, 0.15) is 47.6 Å². The molecule has 0 bridgehead atoms. The van der Waals surface area contributed by atoms with Crippen LogP contribution in [-0.4, -0.2) is 84.4 Å². The second kappa shape index (κ2) is 14.7. The predicted molar refractivity (Wildman–Crippen MR) is 175 cm³/mol. The summed E-state index contributed by atoms with van der Waals surface area (Å²) < 4.78 is 0. The fourth-order valence-electron chi connectivity index (χ4n) is 6.94. The highest BCUT2D eigenvalue weighted by Gasteiger charge is 2.34. The summed E-state index contributed by atoms with van der Waals surface area (Å²) >= 11 is 6.14. The molecule has 3 aromatic carbocycles. The van der Waals surface area contributed by atoms with Crippen LogP contribution in [-0.2, 0) is 29.0 Å². The number of piperidine rings is 1. The van der Waals surface area contributed by atoms with Crippen LogP contribution in [0.25, 0.3) is 0 Å². The van der Waals surface area contributed by atoms with Crippen molar-refractivity contribution in [3.05, 3.63) is 106 Å². The zero-order chi connectivity index (χ0) is 30.3. The number of nitrogens with one attached hydrogen (secondary N) is 2. The molecule has 3 aliphatic heterocycles. The molecule has 8 heteroatoms. The fraction of sp³-hybridized carbons (Fsp3) is 0.444. The molecule has 3 atom stereocenters. The lowest BCUT2D eigenvalue weighted by atomic mass is 9.95. The first kappa shape index (κ1) is 30.8. The highest BCUT2D eigenvalue weighted by Crippen LogP contribution is 2.26. The molecule has 7 nitrogen and oxygen atoms in total. The number of nitrogens with zero attached hydrogens (tertiary/aromatic N) is 3. The van der Waals surface area contributed by atoms with E-state index in [1.54, 1.807) is 0 Å². The Morgan fingerprint density at radius 1 is 0.818 bits per heavy atom. The van der Waals surface area contributed by atoms with Gasteiger partial charge in [-0.15, -0.1) is 0 Å². The maximum absolute atomic E-state index is 14.1. The van der Waals surface area contributed by atoms with Crippen molar-refractivity contribution in [3.63, 3.8) is 0 Å². The van der Waals surface area contributed by atoms with Crippen LogP contribution in [0.2, 0.25) is 5.02 Å². The van der Waals surface area contributed by atoms with Gasteiger partial charge in [0.1, 0.15) is 6.04 Å². The van der Waals surface area contributed by atoms with Crippen molar-refractivity contribution in [1.82, 2.24) is 25.3 Å². The van der Waals surface area contributed by atoms with Crippen LogP contribution in [0, 0.1) is 0 Å². The lowest BCUT2D eigenvalue weighted by molar-refractivity contribution is -0.138. The van der Waals surface area contributed by atoms with Gasteiger partial charge in [0, 0.05) is 56.8 Å². The molecule has 1 unspecified atom stereocenters. The zero-order valence-electron chi connectivity index (χ0n) is 25.5. The summed E-state index contributed by atoms with van der Waals surface area (Å²) in [4.78, 5) is 34.7. The van der Waals surface area contributed by atoms with Crippen molar-refractivity contribution in [3.8, 4) is 0 Å². The normalized spacial score (nSPS) is 20.8. The molecular weight excluding hydrogens is 570 g/mol. The molecule has 2 amide bonds. The van der Waals surface area contributed by atoms with E-state index in [4.69, 9.17) is 11.6 Å². The van der Waals surface area contributed by atoms with E-state index in [0.717, 1.165) is 38.3 Å². The van der Waals surface area contributed by atoms with Crippen molar-refractivity contribution < 1.29 is 9.59 Å². The maximum atomic E-state index is 14.1. The van der Waals surface area contributed by atoms with E-state index in [0.29, 0.717) is 43.5 Å². The first-order chi connectivity index (χ1) is 21.5. The van der Waals surface area contributed by atoms with E-state index in [-0.39, 0.29) is 17.9 Å². The Morgan fingerprint density at radius 2 is 1.50 bits per heavy atom. The highest BCUT2D eigenvalue weighted by molar-refractivity contribution is 6.30. The number of rotatable bonds is 9. The van der Waals surface area contributed by atoms with Gasteiger partial charge in [-0.25, -0.2) is 0 Å². The number of halogens is 1. The molecule has 3 aliphatic rings. The van der Waals surface area contributed by atoms with Gasteiger partial charge in [-0.1, -0.05) is 84.8 Å². The van der Waals surface area contributed by atoms with Crippen LogP contribution in [0.5, 0.6) is 0 Å². The summed E-state index contributed by atoms with van der Waals surface area (Å²) in [7, 11) is 0. The second-order valence-corrected chi connectivity index (χ2v) is 12.9. The van der Waals surface area contributed by atoms with Crippen LogP contribution >= 0.6 is 11.6 Å². The highest BCUT2D eigenvalue weighted by atomic mass is 35.5. The molecule has 2 saturated heterocycles. The van der Waals surface area contributed by atoms with Crippen LogP contribution in [0.3, 0.4) is 0 Å². The Kier molecular flexibility index (Phi) is 10.3. The van der Waals surface area contributed by atoms with Gasteiger partial charge in [0.2, 0.25) is 11.8 Å². The van der Waals surface area contributed by atoms with Crippen molar-refractivity contribution in [2.75, 3.05) is 45.8 Å². The number of carbonyl (C=O) groups excluding carboxylic acids is 2. The topological polar surface area (TPSA) is 67.9 Å². The minimum absolute atomic E-state index is 0.0172. The molecule has 0 spiro atoms. The molecule has 3 aromatic rings. The summed E-state index contributed by atoms with van der Waals surface area (Å²) in [6.45, 7) is 6.89. The summed E-state index contributed by atoms with van der Waals surface area (Å²) in [6, 6.07) is 25.9. The Bertz CT molecular complexity index is 1390. The first-order valence-electron chi connectivity index (χ1n) is 16.2. The van der Waals surface area contributed by atoms with E-state index in [1.807, 2.05) is 41.3 Å². The van der Waals surface area contributed by atoms with E-state index in [9.17, 15) is 9.59 Å². The third-order valence-electron chi connectivity index (χ3n) is 9.50. The number of piperazine rings is 1. The van der Waals surface area contributed by atoms with Crippen molar-refractivity contribution in [1.29, 1.82) is 0 Å². The molecule has 2 fully saturated rings. The van der Waals surface area contributed by atoms with Gasteiger partial charge in [-0.3, -0.25) is 14.5 Å². The molecule has 2 N–H and O–H groups in total. The van der Waals surface area contributed by atoms with Gasteiger partial charge < -0.3 is 20.4 Å². The molecule has 0 aromatic heterocycles. The molecule has 0 saturated carbocycles. The van der Waals surface area contributed by atoms with E-state index < -0.39 is 6.04 Å². The number of hydrogen-bond donors (Lipinski definition) is 2. The average Bonchev–Trinajstić information content (AvgIpc) is 3.08. The van der Waals surface area contributed by atoms with Crippen LogP contribution in [0.4, 0.5) is 0 Å². The molecule has 232 valence electrons. The minimum atomic E-state index is -0.646. The number of likely N-dealkylation sites (tertiary alicyclic amines) is 1. The van der Waals surface area contributed by atoms with E-state index in [2.05, 4.69) is 62.9 Å².